The van der Waals surface area contributed by atoms with Crippen LogP contribution in [-0.4, -0.2) is 49.4 Å². The maximum Gasteiger partial charge on any atom is 0.326 e. The molecule has 5 N–H and O–H groups in total. The van der Waals surface area contributed by atoms with Crippen LogP contribution >= 0.6 is 0 Å². The largest absolute Gasteiger partial charge is 0.481 e. The van der Waals surface area contributed by atoms with Crippen molar-refractivity contribution in [1.82, 2.24) is 25.8 Å². The van der Waals surface area contributed by atoms with E-state index in [9.17, 15) is 14.4 Å². The van der Waals surface area contributed by atoms with Gasteiger partial charge in [-0.3, -0.25) is 9.89 Å². The maximum absolute atomic E-state index is 11.3. The summed E-state index contributed by atoms with van der Waals surface area (Å²) < 4.78 is 0. The number of carboxylic acid groups (broad SMARTS) is 2. The third kappa shape index (κ3) is 4.47. The number of carbonyl (C=O) groups is 3. The second-order valence-electron chi connectivity index (χ2n) is 3.25. The monoisotopic (exact) mass is 257 g/mol. The molecule has 1 atom stereocenters. The van der Waals surface area contributed by atoms with Crippen molar-refractivity contribution >= 4 is 18.0 Å². The van der Waals surface area contributed by atoms with Crippen LogP contribution in [0.3, 0.4) is 0 Å². The molecule has 0 bridgehead atoms. The fourth-order valence-electron chi connectivity index (χ4n) is 1.06. The van der Waals surface area contributed by atoms with Gasteiger partial charge in [-0.15, -0.1) is 0 Å². The zero-order valence-corrected chi connectivity index (χ0v) is 9.08. The Morgan fingerprint density at radius 1 is 1.39 bits per heavy atom. The van der Waals surface area contributed by atoms with Crippen molar-refractivity contribution in [3.63, 3.8) is 0 Å². The number of nitrogens with one attached hydrogen (secondary N) is 3. The average Bonchev–Trinajstić information content (AvgIpc) is 2.77. The fraction of sp³-hybridized carbons (Fsp3) is 0.375. The minimum atomic E-state index is -1.49. The quantitative estimate of drug-likeness (QED) is 0.416. The summed E-state index contributed by atoms with van der Waals surface area (Å²) in [4.78, 5) is 36.1. The predicted molar refractivity (Wildman–Crippen MR) is 55.4 cm³/mol. The van der Waals surface area contributed by atoms with Crippen LogP contribution in [0.25, 0.3) is 0 Å². The molecule has 1 heterocycles. The molecule has 98 valence electrons. The summed E-state index contributed by atoms with van der Waals surface area (Å²) in [5.74, 6) is -2.36. The van der Waals surface area contributed by atoms with Crippen LogP contribution < -0.4 is 10.6 Å². The highest BCUT2D eigenvalue weighted by Gasteiger charge is 2.22. The van der Waals surface area contributed by atoms with Crippen molar-refractivity contribution in [2.24, 2.45) is 0 Å². The first kappa shape index (κ1) is 13.4. The topological polar surface area (TPSA) is 157 Å². The molecule has 0 radical (unpaired) electrons. The van der Waals surface area contributed by atoms with E-state index in [0.29, 0.717) is 5.82 Å². The molecule has 0 saturated carbocycles. The Balaban J connectivity index is 2.41. The van der Waals surface area contributed by atoms with Gasteiger partial charge in [-0.25, -0.2) is 14.6 Å². The molecule has 18 heavy (non-hydrogen) atoms. The van der Waals surface area contributed by atoms with Crippen LogP contribution in [-0.2, 0) is 16.1 Å². The highest BCUT2D eigenvalue weighted by Crippen LogP contribution is 1.93. The maximum atomic E-state index is 11.3. The van der Waals surface area contributed by atoms with E-state index in [1.165, 1.54) is 6.33 Å². The van der Waals surface area contributed by atoms with Crippen LogP contribution in [0.4, 0.5) is 4.79 Å². The summed E-state index contributed by atoms with van der Waals surface area (Å²) in [6, 6.07) is -2.29. The van der Waals surface area contributed by atoms with Crippen molar-refractivity contribution < 1.29 is 24.6 Å². The number of rotatable bonds is 6. The van der Waals surface area contributed by atoms with E-state index in [2.05, 4.69) is 20.5 Å². The Bertz CT molecular complexity index is 431. The van der Waals surface area contributed by atoms with E-state index in [1.54, 1.807) is 0 Å². The van der Waals surface area contributed by atoms with Gasteiger partial charge in [0.15, 0.2) is 0 Å². The molecule has 0 spiro atoms. The van der Waals surface area contributed by atoms with Crippen LogP contribution in [0.15, 0.2) is 6.33 Å². The number of H-pyrrole nitrogens is 1. The lowest BCUT2D eigenvalue weighted by atomic mass is 10.2. The van der Waals surface area contributed by atoms with Crippen LogP contribution in [0.2, 0.25) is 0 Å². The molecule has 0 aliphatic carbocycles. The zero-order valence-electron chi connectivity index (χ0n) is 9.08. The molecule has 10 nitrogen and oxygen atoms in total. The Morgan fingerprint density at radius 2 is 2.11 bits per heavy atom. The molecule has 1 aromatic heterocycles. The number of nitrogens with zero attached hydrogens (tertiary/aromatic N) is 2. The zero-order chi connectivity index (χ0) is 13.5. The highest BCUT2D eigenvalue weighted by atomic mass is 16.4. The Morgan fingerprint density at radius 3 is 2.61 bits per heavy atom. The van der Waals surface area contributed by atoms with Crippen molar-refractivity contribution in [2.45, 2.75) is 19.0 Å². The van der Waals surface area contributed by atoms with Gasteiger partial charge in [-0.05, 0) is 0 Å². The van der Waals surface area contributed by atoms with Gasteiger partial charge in [0.2, 0.25) is 0 Å². The number of amides is 2. The van der Waals surface area contributed by atoms with Crippen LogP contribution in [0.1, 0.15) is 12.2 Å². The van der Waals surface area contributed by atoms with Crippen molar-refractivity contribution in [3.8, 4) is 0 Å². The Kier molecular flexibility index (Phi) is 4.60. The molecule has 1 aromatic rings. The number of aromatic nitrogens is 3. The molecule has 10 heteroatoms. The summed E-state index contributed by atoms with van der Waals surface area (Å²) in [5.41, 5.74) is 0. The molecule has 0 aliphatic heterocycles. The first-order valence-electron chi connectivity index (χ1n) is 4.82. The summed E-state index contributed by atoms with van der Waals surface area (Å²) in [7, 11) is 0. The number of hydrogen-bond donors (Lipinski definition) is 5. The Hall–Kier alpha value is -2.65. The standard InChI is InChI=1S/C8H11N5O5/c14-6(15)1-4(7(16)17)12-8(18)9-2-5-10-3-11-13-5/h3-4H,1-2H2,(H,14,15)(H,16,17)(H2,9,12,18)(H,10,11,13). The third-order valence-electron chi connectivity index (χ3n) is 1.86. The normalized spacial score (nSPS) is 11.6. The molecule has 0 aromatic carbocycles. The van der Waals surface area contributed by atoms with Crippen LogP contribution in [0.5, 0.6) is 0 Å². The molecule has 0 aliphatic rings. The number of aromatic amines is 1. The van der Waals surface area contributed by atoms with E-state index >= 15 is 0 Å². The van der Waals surface area contributed by atoms with Crippen molar-refractivity contribution in [1.29, 1.82) is 0 Å². The van der Waals surface area contributed by atoms with Gasteiger partial charge < -0.3 is 20.8 Å². The number of carbonyl (C=O) groups excluding carboxylic acids is 1. The third-order valence-corrected chi connectivity index (χ3v) is 1.86. The molecule has 0 saturated heterocycles. The second kappa shape index (κ2) is 6.18. The SMILES string of the molecule is O=C(O)CC(NC(=O)NCc1ncn[nH]1)C(=O)O. The molecule has 1 rings (SSSR count). The van der Waals surface area contributed by atoms with Crippen molar-refractivity contribution in [3.05, 3.63) is 12.2 Å². The fourth-order valence-corrected chi connectivity index (χ4v) is 1.06. The number of aliphatic carboxylic acids is 2. The van der Waals surface area contributed by atoms with Crippen LogP contribution in [0, 0.1) is 0 Å². The van der Waals surface area contributed by atoms with Gasteiger partial charge in [0.05, 0.1) is 13.0 Å². The van der Waals surface area contributed by atoms with Crippen molar-refractivity contribution in [2.75, 3.05) is 0 Å². The van der Waals surface area contributed by atoms with E-state index in [4.69, 9.17) is 10.2 Å². The summed E-state index contributed by atoms with van der Waals surface area (Å²) in [5, 5.41) is 27.5. The average molecular weight is 257 g/mol. The van der Waals surface area contributed by atoms with E-state index in [0.717, 1.165) is 0 Å². The second-order valence-corrected chi connectivity index (χ2v) is 3.25. The van der Waals surface area contributed by atoms with E-state index in [-0.39, 0.29) is 6.54 Å². The van der Waals surface area contributed by atoms with Gasteiger partial charge in [-0.2, -0.15) is 5.10 Å². The highest BCUT2D eigenvalue weighted by molar-refractivity contribution is 5.86. The minimum absolute atomic E-state index is 0.0191. The molecular weight excluding hydrogens is 246 g/mol. The van der Waals surface area contributed by atoms with Gasteiger partial charge in [0.25, 0.3) is 0 Å². The van der Waals surface area contributed by atoms with Gasteiger partial charge in [-0.1, -0.05) is 0 Å². The van der Waals surface area contributed by atoms with Gasteiger partial charge >= 0.3 is 18.0 Å². The summed E-state index contributed by atoms with van der Waals surface area (Å²) in [6.07, 6.45) is 0.546. The summed E-state index contributed by atoms with van der Waals surface area (Å²) in [6.45, 7) is 0.0191. The molecular formula is C8H11N5O5. The number of hydrogen-bond acceptors (Lipinski definition) is 5. The smallest absolute Gasteiger partial charge is 0.326 e. The number of carboxylic acids is 2. The number of urea groups is 1. The lowest BCUT2D eigenvalue weighted by molar-refractivity contribution is -0.145. The lowest BCUT2D eigenvalue weighted by Crippen LogP contribution is -2.46. The van der Waals surface area contributed by atoms with E-state index < -0.39 is 30.4 Å². The molecule has 1 unspecified atom stereocenters. The molecule has 0 fully saturated rings. The first-order chi connectivity index (χ1) is 8.49. The van der Waals surface area contributed by atoms with Gasteiger partial charge in [0, 0.05) is 0 Å². The minimum Gasteiger partial charge on any atom is -0.481 e. The lowest BCUT2D eigenvalue weighted by Gasteiger charge is -2.12. The van der Waals surface area contributed by atoms with Gasteiger partial charge in [0.1, 0.15) is 18.2 Å². The Labute approximate surface area is 100 Å². The molecule has 2 amide bonds. The first-order valence-corrected chi connectivity index (χ1v) is 4.82. The summed E-state index contributed by atoms with van der Waals surface area (Å²) >= 11 is 0. The predicted octanol–water partition coefficient (Wildman–Crippen LogP) is -1.47. The van der Waals surface area contributed by atoms with E-state index in [1.807, 2.05) is 5.32 Å².